The van der Waals surface area contributed by atoms with E-state index >= 15 is 0 Å². The summed E-state index contributed by atoms with van der Waals surface area (Å²) < 4.78 is 0. The zero-order chi connectivity index (χ0) is 11.5. The second-order valence-electron chi connectivity index (χ2n) is 3.68. The van der Waals surface area contributed by atoms with E-state index in [9.17, 15) is 0 Å². The summed E-state index contributed by atoms with van der Waals surface area (Å²) >= 11 is 1.69. The molecule has 0 saturated heterocycles. The highest BCUT2D eigenvalue weighted by molar-refractivity contribution is 7.11. The number of aryl methyl sites for hydroxylation is 1. The van der Waals surface area contributed by atoms with E-state index in [-0.39, 0.29) is 6.04 Å². The molecule has 0 amide bonds. The SMILES string of the molecule is Cc1cnc(C(C)Nc2cncc(N)c2)s1. The third-order valence-electron chi connectivity index (χ3n) is 2.15. The molecule has 84 valence electrons. The monoisotopic (exact) mass is 234 g/mol. The van der Waals surface area contributed by atoms with Gasteiger partial charge in [-0.3, -0.25) is 4.98 Å². The number of nitrogens with one attached hydrogen (secondary N) is 1. The summed E-state index contributed by atoms with van der Waals surface area (Å²) in [6.45, 7) is 4.12. The van der Waals surface area contributed by atoms with Crippen LogP contribution in [0.5, 0.6) is 0 Å². The quantitative estimate of drug-likeness (QED) is 0.856. The lowest BCUT2D eigenvalue weighted by Gasteiger charge is -2.12. The largest absolute Gasteiger partial charge is 0.397 e. The van der Waals surface area contributed by atoms with Gasteiger partial charge >= 0.3 is 0 Å². The molecule has 0 radical (unpaired) electrons. The van der Waals surface area contributed by atoms with Crippen LogP contribution < -0.4 is 11.1 Å². The van der Waals surface area contributed by atoms with Crippen LogP contribution in [0, 0.1) is 6.92 Å². The maximum absolute atomic E-state index is 5.66. The molecule has 2 aromatic heterocycles. The molecule has 3 N–H and O–H groups in total. The smallest absolute Gasteiger partial charge is 0.115 e. The summed E-state index contributed by atoms with van der Waals surface area (Å²) in [5, 5.41) is 4.39. The standard InChI is InChI=1S/C11H14N4S/c1-7-4-14-11(16-7)8(2)15-10-3-9(12)5-13-6-10/h3-6,8,15H,12H2,1-2H3. The number of rotatable bonds is 3. The van der Waals surface area contributed by atoms with E-state index in [1.165, 1.54) is 4.88 Å². The number of thiazole rings is 1. The summed E-state index contributed by atoms with van der Waals surface area (Å²) in [7, 11) is 0. The van der Waals surface area contributed by atoms with Gasteiger partial charge in [-0.2, -0.15) is 0 Å². The van der Waals surface area contributed by atoms with Crippen molar-refractivity contribution in [1.29, 1.82) is 0 Å². The molecule has 1 atom stereocenters. The number of nitrogens with zero attached hydrogens (tertiary/aromatic N) is 2. The van der Waals surface area contributed by atoms with Gasteiger partial charge in [-0.05, 0) is 19.9 Å². The van der Waals surface area contributed by atoms with Crippen LogP contribution in [0.3, 0.4) is 0 Å². The predicted octanol–water partition coefficient (Wildman–Crippen LogP) is 2.60. The van der Waals surface area contributed by atoms with E-state index in [1.54, 1.807) is 23.7 Å². The molecule has 5 heteroatoms. The Hall–Kier alpha value is -1.62. The van der Waals surface area contributed by atoms with Crippen LogP contribution in [0.15, 0.2) is 24.7 Å². The van der Waals surface area contributed by atoms with Crippen molar-refractivity contribution in [3.63, 3.8) is 0 Å². The van der Waals surface area contributed by atoms with Gasteiger partial charge in [-0.25, -0.2) is 4.98 Å². The summed E-state index contributed by atoms with van der Waals surface area (Å²) in [6.07, 6.45) is 5.27. The van der Waals surface area contributed by atoms with Crippen LogP contribution in [0.1, 0.15) is 22.9 Å². The zero-order valence-corrected chi connectivity index (χ0v) is 10.1. The molecule has 0 aromatic carbocycles. The second kappa shape index (κ2) is 4.49. The first-order valence-corrected chi connectivity index (χ1v) is 5.86. The molecule has 0 saturated carbocycles. The minimum Gasteiger partial charge on any atom is -0.397 e. The van der Waals surface area contributed by atoms with E-state index in [0.29, 0.717) is 5.69 Å². The predicted molar refractivity (Wildman–Crippen MR) is 67.5 cm³/mol. The minimum atomic E-state index is 0.169. The Bertz CT molecular complexity index is 480. The molecule has 0 fully saturated rings. The number of nitrogens with two attached hydrogens (primary N) is 1. The molecule has 16 heavy (non-hydrogen) atoms. The van der Waals surface area contributed by atoms with Crippen molar-refractivity contribution < 1.29 is 0 Å². The van der Waals surface area contributed by atoms with Crippen molar-refractivity contribution in [2.75, 3.05) is 11.1 Å². The molecule has 2 rings (SSSR count). The van der Waals surface area contributed by atoms with Gasteiger partial charge in [0.05, 0.1) is 23.6 Å². The lowest BCUT2D eigenvalue weighted by atomic mass is 10.3. The molecule has 2 heterocycles. The van der Waals surface area contributed by atoms with Gasteiger partial charge in [0.25, 0.3) is 0 Å². The van der Waals surface area contributed by atoms with Crippen molar-refractivity contribution in [1.82, 2.24) is 9.97 Å². The summed E-state index contributed by atoms with van der Waals surface area (Å²) in [6, 6.07) is 2.03. The average Bonchev–Trinajstić information content (AvgIpc) is 2.65. The van der Waals surface area contributed by atoms with Gasteiger partial charge in [-0.15, -0.1) is 11.3 Å². The van der Waals surface area contributed by atoms with Crippen LogP contribution in [0.25, 0.3) is 0 Å². The van der Waals surface area contributed by atoms with E-state index in [1.807, 2.05) is 12.3 Å². The molecule has 0 spiro atoms. The molecule has 0 aliphatic rings. The van der Waals surface area contributed by atoms with Gasteiger partial charge in [0.2, 0.25) is 0 Å². The lowest BCUT2D eigenvalue weighted by Crippen LogP contribution is -2.06. The summed E-state index contributed by atoms with van der Waals surface area (Å²) in [5.41, 5.74) is 7.24. The molecule has 4 nitrogen and oxygen atoms in total. The molecular weight excluding hydrogens is 220 g/mol. The van der Waals surface area contributed by atoms with Crippen LogP contribution >= 0.6 is 11.3 Å². The van der Waals surface area contributed by atoms with Crippen molar-refractivity contribution >= 4 is 22.7 Å². The number of hydrogen-bond donors (Lipinski definition) is 2. The zero-order valence-electron chi connectivity index (χ0n) is 9.27. The lowest BCUT2D eigenvalue weighted by molar-refractivity contribution is 0.868. The normalized spacial score (nSPS) is 12.4. The number of anilines is 2. The van der Waals surface area contributed by atoms with Crippen LogP contribution in [-0.4, -0.2) is 9.97 Å². The first kappa shape index (κ1) is 10.9. The van der Waals surface area contributed by atoms with Crippen LogP contribution in [-0.2, 0) is 0 Å². The molecular formula is C11H14N4S. The molecule has 0 bridgehead atoms. The van der Waals surface area contributed by atoms with E-state index in [0.717, 1.165) is 10.7 Å². The van der Waals surface area contributed by atoms with Gasteiger partial charge in [0.1, 0.15) is 5.01 Å². The Morgan fingerprint density at radius 3 is 2.81 bits per heavy atom. The van der Waals surface area contributed by atoms with Gasteiger partial charge in [0.15, 0.2) is 0 Å². The Morgan fingerprint density at radius 1 is 1.38 bits per heavy atom. The molecule has 1 unspecified atom stereocenters. The third-order valence-corrected chi connectivity index (χ3v) is 3.25. The summed E-state index contributed by atoms with van der Waals surface area (Å²) in [4.78, 5) is 9.59. The Morgan fingerprint density at radius 2 is 2.19 bits per heavy atom. The highest BCUT2D eigenvalue weighted by Crippen LogP contribution is 2.23. The van der Waals surface area contributed by atoms with Crippen molar-refractivity contribution in [2.24, 2.45) is 0 Å². The highest BCUT2D eigenvalue weighted by atomic mass is 32.1. The van der Waals surface area contributed by atoms with E-state index < -0.39 is 0 Å². The van der Waals surface area contributed by atoms with E-state index in [2.05, 4.69) is 29.1 Å². The van der Waals surface area contributed by atoms with Crippen molar-refractivity contribution in [3.8, 4) is 0 Å². The summed E-state index contributed by atoms with van der Waals surface area (Å²) in [5.74, 6) is 0. The Kier molecular flexibility index (Phi) is 3.05. The third kappa shape index (κ3) is 2.49. The molecule has 2 aromatic rings. The van der Waals surface area contributed by atoms with Gasteiger partial charge < -0.3 is 11.1 Å². The topological polar surface area (TPSA) is 63.8 Å². The van der Waals surface area contributed by atoms with Gasteiger partial charge in [0, 0.05) is 17.3 Å². The van der Waals surface area contributed by atoms with Gasteiger partial charge in [-0.1, -0.05) is 0 Å². The minimum absolute atomic E-state index is 0.169. The van der Waals surface area contributed by atoms with Crippen LogP contribution in [0.2, 0.25) is 0 Å². The van der Waals surface area contributed by atoms with Crippen molar-refractivity contribution in [2.45, 2.75) is 19.9 Å². The average molecular weight is 234 g/mol. The second-order valence-corrected chi connectivity index (χ2v) is 4.95. The fourth-order valence-corrected chi connectivity index (χ4v) is 2.20. The number of pyridine rings is 1. The Balaban J connectivity index is 2.10. The first-order chi connectivity index (χ1) is 7.65. The highest BCUT2D eigenvalue weighted by Gasteiger charge is 2.09. The number of nitrogen functional groups attached to an aromatic ring is 1. The first-order valence-electron chi connectivity index (χ1n) is 5.04. The maximum Gasteiger partial charge on any atom is 0.115 e. The maximum atomic E-state index is 5.66. The Labute approximate surface area is 98.6 Å². The number of aromatic nitrogens is 2. The molecule has 0 aliphatic heterocycles. The fraction of sp³-hybridized carbons (Fsp3) is 0.273. The molecule has 0 aliphatic carbocycles. The number of hydrogen-bond acceptors (Lipinski definition) is 5. The van der Waals surface area contributed by atoms with Crippen LogP contribution in [0.4, 0.5) is 11.4 Å². The fourth-order valence-electron chi connectivity index (χ4n) is 1.42. The van der Waals surface area contributed by atoms with E-state index in [4.69, 9.17) is 5.73 Å². The van der Waals surface area contributed by atoms with Crippen molar-refractivity contribution in [3.05, 3.63) is 34.5 Å².